The van der Waals surface area contributed by atoms with Crippen molar-refractivity contribution < 1.29 is 9.32 Å². The van der Waals surface area contributed by atoms with Crippen LogP contribution in [-0.2, 0) is 0 Å². The fourth-order valence-corrected chi connectivity index (χ4v) is 1.89. The first-order valence-corrected chi connectivity index (χ1v) is 6.48. The van der Waals surface area contributed by atoms with E-state index < -0.39 is 0 Å². The van der Waals surface area contributed by atoms with Crippen LogP contribution in [0.3, 0.4) is 0 Å². The molecule has 0 aliphatic rings. The van der Waals surface area contributed by atoms with E-state index in [1.54, 1.807) is 30.2 Å². The number of hydrogen-bond donors (Lipinski definition) is 0. The molecule has 0 unspecified atom stereocenters. The molecular formula is C15H15ClN2O2. The van der Waals surface area contributed by atoms with Crippen LogP contribution in [0.1, 0.15) is 16.1 Å². The molecule has 20 heavy (non-hydrogen) atoms. The largest absolute Gasteiger partial charge is 0.383 e. The second-order valence-corrected chi connectivity index (χ2v) is 5.05. The van der Waals surface area contributed by atoms with E-state index >= 15 is 0 Å². The fraction of sp³-hybridized carbons (Fsp3) is 0.200. The van der Waals surface area contributed by atoms with E-state index in [9.17, 15) is 4.79 Å². The van der Waals surface area contributed by atoms with E-state index in [2.05, 4.69) is 5.16 Å². The number of benzene rings is 1. The molecule has 1 aromatic heterocycles. The summed E-state index contributed by atoms with van der Waals surface area (Å²) < 4.78 is 5.16. The molecule has 1 heterocycles. The lowest BCUT2D eigenvalue weighted by Crippen LogP contribution is -2.04. The zero-order valence-corrected chi connectivity index (χ0v) is 12.3. The van der Waals surface area contributed by atoms with Crippen LogP contribution in [0.5, 0.6) is 0 Å². The van der Waals surface area contributed by atoms with E-state index in [-0.39, 0.29) is 5.78 Å². The maximum Gasteiger partial charge on any atom is 0.193 e. The maximum atomic E-state index is 12.3. The normalized spacial score (nSPS) is 11.0. The third kappa shape index (κ3) is 3.08. The summed E-state index contributed by atoms with van der Waals surface area (Å²) in [5.74, 6) is 0.366. The Morgan fingerprint density at radius 3 is 2.55 bits per heavy atom. The molecule has 0 saturated heterocycles. The smallest absolute Gasteiger partial charge is 0.193 e. The number of halogens is 1. The van der Waals surface area contributed by atoms with Gasteiger partial charge in [-0.05, 0) is 19.1 Å². The van der Waals surface area contributed by atoms with Gasteiger partial charge in [-0.2, -0.15) is 0 Å². The van der Waals surface area contributed by atoms with Crippen LogP contribution in [0.2, 0.25) is 5.02 Å². The number of carbonyl (C=O) groups excluding carboxylic acids is 1. The Bertz CT molecular complexity index is 642. The topological polar surface area (TPSA) is 46.3 Å². The predicted octanol–water partition coefficient (Wildman–Crippen LogP) is 3.56. The molecule has 104 valence electrons. The second-order valence-electron chi connectivity index (χ2n) is 4.61. The van der Waals surface area contributed by atoms with Gasteiger partial charge in [0.05, 0.1) is 5.56 Å². The van der Waals surface area contributed by atoms with Gasteiger partial charge in [-0.25, -0.2) is 0 Å². The Morgan fingerprint density at radius 2 is 1.95 bits per heavy atom. The lowest BCUT2D eigenvalue weighted by atomic mass is 10.0. The second kappa shape index (κ2) is 5.92. The van der Waals surface area contributed by atoms with Gasteiger partial charge in [-0.1, -0.05) is 28.9 Å². The first kappa shape index (κ1) is 14.3. The molecule has 0 aliphatic carbocycles. The summed E-state index contributed by atoms with van der Waals surface area (Å²) in [6, 6.07) is 7.13. The van der Waals surface area contributed by atoms with E-state index in [1.165, 1.54) is 6.08 Å². The van der Waals surface area contributed by atoms with Gasteiger partial charge in [0.15, 0.2) is 5.78 Å². The molecular weight excluding hydrogens is 276 g/mol. The Labute approximate surface area is 122 Å². The molecule has 0 N–H and O–H groups in total. The highest BCUT2D eigenvalue weighted by atomic mass is 35.5. The lowest BCUT2D eigenvalue weighted by molar-refractivity contribution is 0.104. The minimum atomic E-state index is -0.137. The third-order valence-electron chi connectivity index (χ3n) is 2.75. The van der Waals surface area contributed by atoms with Gasteiger partial charge in [-0.15, -0.1) is 0 Å². The van der Waals surface area contributed by atoms with Crippen molar-refractivity contribution >= 4 is 17.4 Å². The van der Waals surface area contributed by atoms with Crippen LogP contribution >= 0.6 is 11.6 Å². The van der Waals surface area contributed by atoms with E-state index in [4.69, 9.17) is 16.1 Å². The molecule has 4 nitrogen and oxygen atoms in total. The summed E-state index contributed by atoms with van der Waals surface area (Å²) >= 11 is 5.86. The number of nitrogens with zero attached hydrogens (tertiary/aromatic N) is 2. The number of aromatic nitrogens is 1. The molecule has 2 aromatic rings. The van der Waals surface area contributed by atoms with Crippen molar-refractivity contribution in [3.63, 3.8) is 0 Å². The summed E-state index contributed by atoms with van der Waals surface area (Å²) in [7, 11) is 3.70. The van der Waals surface area contributed by atoms with Gasteiger partial charge in [0.25, 0.3) is 0 Å². The lowest BCUT2D eigenvalue weighted by Gasteiger charge is -2.03. The van der Waals surface area contributed by atoms with Gasteiger partial charge < -0.3 is 9.42 Å². The molecule has 0 atom stereocenters. The number of carbonyl (C=O) groups is 1. The van der Waals surface area contributed by atoms with Crippen molar-refractivity contribution in [1.82, 2.24) is 10.1 Å². The van der Waals surface area contributed by atoms with Crippen molar-refractivity contribution in [3.05, 3.63) is 52.9 Å². The molecule has 0 bridgehead atoms. The summed E-state index contributed by atoms with van der Waals surface area (Å²) in [5.41, 5.74) is 1.81. The molecule has 1 aromatic carbocycles. The van der Waals surface area contributed by atoms with Crippen LogP contribution in [-0.4, -0.2) is 29.9 Å². The number of aryl methyl sites for hydroxylation is 1. The summed E-state index contributed by atoms with van der Waals surface area (Å²) in [4.78, 5) is 14.0. The predicted molar refractivity (Wildman–Crippen MR) is 78.8 cm³/mol. The highest BCUT2D eigenvalue weighted by Gasteiger charge is 2.19. The summed E-state index contributed by atoms with van der Waals surface area (Å²) in [5, 5.41) is 4.61. The molecule has 2 rings (SSSR count). The first-order chi connectivity index (χ1) is 9.49. The van der Waals surface area contributed by atoms with Gasteiger partial charge in [0.1, 0.15) is 11.5 Å². The Morgan fingerprint density at radius 1 is 1.30 bits per heavy atom. The summed E-state index contributed by atoms with van der Waals surface area (Å²) in [6.07, 6.45) is 3.19. The van der Waals surface area contributed by atoms with Crippen LogP contribution in [0.15, 0.2) is 41.1 Å². The van der Waals surface area contributed by atoms with Crippen molar-refractivity contribution in [2.75, 3.05) is 14.1 Å². The Balaban J connectivity index is 2.42. The van der Waals surface area contributed by atoms with E-state index in [1.807, 2.05) is 26.2 Å². The van der Waals surface area contributed by atoms with Gasteiger partial charge in [0, 0.05) is 37.0 Å². The Kier molecular flexibility index (Phi) is 4.25. The van der Waals surface area contributed by atoms with Crippen LogP contribution in [0.25, 0.3) is 11.3 Å². The average molecular weight is 291 g/mol. The first-order valence-electron chi connectivity index (χ1n) is 6.10. The minimum absolute atomic E-state index is 0.137. The van der Waals surface area contributed by atoms with Crippen molar-refractivity contribution in [2.45, 2.75) is 6.92 Å². The highest BCUT2D eigenvalue weighted by Crippen LogP contribution is 2.27. The number of allylic oxidation sites excluding steroid dienone is 1. The molecule has 5 heteroatoms. The zero-order chi connectivity index (χ0) is 14.7. The van der Waals surface area contributed by atoms with E-state index in [0.717, 1.165) is 5.56 Å². The van der Waals surface area contributed by atoms with Crippen LogP contribution in [0.4, 0.5) is 0 Å². The van der Waals surface area contributed by atoms with Crippen LogP contribution in [0, 0.1) is 6.92 Å². The zero-order valence-electron chi connectivity index (χ0n) is 11.6. The van der Waals surface area contributed by atoms with Crippen molar-refractivity contribution in [1.29, 1.82) is 0 Å². The quantitative estimate of drug-likeness (QED) is 0.638. The Hall–Kier alpha value is -2.07. The fourth-order valence-electron chi connectivity index (χ4n) is 1.77. The van der Waals surface area contributed by atoms with E-state index in [0.29, 0.717) is 22.0 Å². The molecule has 0 spiro atoms. The standard InChI is InChI=1S/C15H15ClN2O2/c1-10-14(13(19)8-9-18(2)3)15(17-20-10)11-4-6-12(16)7-5-11/h4-9H,1-3H3/b9-8+. The summed E-state index contributed by atoms with van der Waals surface area (Å²) in [6.45, 7) is 1.73. The van der Waals surface area contributed by atoms with Crippen molar-refractivity contribution in [3.8, 4) is 11.3 Å². The monoisotopic (exact) mass is 290 g/mol. The van der Waals surface area contributed by atoms with Gasteiger partial charge in [-0.3, -0.25) is 4.79 Å². The maximum absolute atomic E-state index is 12.3. The number of hydrogen-bond acceptors (Lipinski definition) is 4. The molecule has 0 fully saturated rings. The highest BCUT2D eigenvalue weighted by molar-refractivity contribution is 6.30. The molecule has 0 saturated carbocycles. The van der Waals surface area contributed by atoms with Crippen LogP contribution < -0.4 is 0 Å². The average Bonchev–Trinajstić information content (AvgIpc) is 2.79. The SMILES string of the molecule is Cc1onc(-c2ccc(Cl)cc2)c1C(=O)/C=C/N(C)C. The molecule has 0 aliphatic heterocycles. The van der Waals surface area contributed by atoms with Gasteiger partial charge >= 0.3 is 0 Å². The minimum Gasteiger partial charge on any atom is -0.383 e. The number of ketones is 1. The molecule has 0 amide bonds. The third-order valence-corrected chi connectivity index (χ3v) is 3.00. The molecule has 0 radical (unpaired) electrons. The number of rotatable bonds is 4. The van der Waals surface area contributed by atoms with Crippen molar-refractivity contribution in [2.24, 2.45) is 0 Å². The van der Waals surface area contributed by atoms with Gasteiger partial charge in [0.2, 0.25) is 0 Å².